The Morgan fingerprint density at radius 1 is 1.41 bits per heavy atom. The number of rotatable bonds is 6. The number of nitrogens with zero attached hydrogens (tertiary/aromatic N) is 4. The summed E-state index contributed by atoms with van der Waals surface area (Å²) in [5.74, 6) is 0.507. The molecule has 0 bridgehead atoms. The third-order valence-corrected chi connectivity index (χ3v) is 6.02. The van der Waals surface area contributed by atoms with E-state index in [-0.39, 0.29) is 11.5 Å². The Kier molecular flexibility index (Phi) is 4.82. The fraction of sp³-hybridized carbons (Fsp3) is 0.600. The van der Waals surface area contributed by atoms with Crippen LogP contribution in [0, 0.1) is 12.8 Å². The van der Waals surface area contributed by atoms with E-state index in [1.165, 1.54) is 5.69 Å². The highest BCUT2D eigenvalue weighted by molar-refractivity contribution is 5.92. The summed E-state index contributed by atoms with van der Waals surface area (Å²) in [6, 6.07) is 5.89. The van der Waals surface area contributed by atoms with Gasteiger partial charge in [-0.3, -0.25) is 14.4 Å². The van der Waals surface area contributed by atoms with Crippen molar-refractivity contribution < 1.29 is 9.53 Å². The molecule has 0 unspecified atom stereocenters. The molecule has 7 heteroatoms. The van der Waals surface area contributed by atoms with E-state index in [2.05, 4.69) is 21.4 Å². The molecule has 1 N–H and O–H groups in total. The fourth-order valence-electron chi connectivity index (χ4n) is 4.55. The Labute approximate surface area is 160 Å². The molecule has 0 saturated carbocycles. The lowest BCUT2D eigenvalue weighted by Gasteiger charge is -2.50. The summed E-state index contributed by atoms with van der Waals surface area (Å²) >= 11 is 0. The van der Waals surface area contributed by atoms with Crippen LogP contribution in [0.25, 0.3) is 0 Å². The number of aryl methyl sites for hydroxylation is 3. The molecule has 2 aliphatic heterocycles. The van der Waals surface area contributed by atoms with Crippen LogP contribution >= 0.6 is 0 Å². The average molecular weight is 371 g/mol. The zero-order valence-electron chi connectivity index (χ0n) is 16.4. The Hall–Kier alpha value is -2.12. The number of aromatic nitrogens is 3. The van der Waals surface area contributed by atoms with Crippen molar-refractivity contribution >= 4 is 5.91 Å². The lowest BCUT2D eigenvalue weighted by Crippen LogP contribution is -2.64. The lowest BCUT2D eigenvalue weighted by atomic mass is 9.79. The Morgan fingerprint density at radius 2 is 2.22 bits per heavy atom. The van der Waals surface area contributed by atoms with Crippen LogP contribution in [0.2, 0.25) is 0 Å². The van der Waals surface area contributed by atoms with Gasteiger partial charge in [-0.15, -0.1) is 0 Å². The van der Waals surface area contributed by atoms with Crippen LogP contribution in [-0.4, -0.2) is 57.0 Å². The second-order valence-electron chi connectivity index (χ2n) is 7.99. The van der Waals surface area contributed by atoms with Crippen LogP contribution in [0.5, 0.6) is 0 Å². The van der Waals surface area contributed by atoms with E-state index in [0.29, 0.717) is 18.2 Å². The number of hydrogen-bond acceptors (Lipinski definition) is 4. The van der Waals surface area contributed by atoms with Crippen LogP contribution in [0.15, 0.2) is 24.4 Å². The fourth-order valence-corrected chi connectivity index (χ4v) is 4.55. The van der Waals surface area contributed by atoms with Gasteiger partial charge >= 0.3 is 0 Å². The number of hydrogen-bond donors (Lipinski definition) is 1. The van der Waals surface area contributed by atoms with Crippen LogP contribution in [0.3, 0.4) is 0 Å². The van der Waals surface area contributed by atoms with Gasteiger partial charge in [-0.05, 0) is 43.9 Å². The number of ether oxygens (including phenoxy) is 1. The first kappa shape index (κ1) is 18.3. The monoisotopic (exact) mass is 371 g/mol. The minimum Gasteiger partial charge on any atom is -0.372 e. The third kappa shape index (κ3) is 3.53. The van der Waals surface area contributed by atoms with Crippen molar-refractivity contribution in [1.29, 1.82) is 0 Å². The Morgan fingerprint density at radius 3 is 2.89 bits per heavy atom. The molecule has 1 atom stereocenters. The van der Waals surface area contributed by atoms with Crippen LogP contribution < -0.4 is 5.32 Å². The highest BCUT2D eigenvalue weighted by Gasteiger charge is 2.52. The second-order valence-corrected chi connectivity index (χ2v) is 7.99. The molecule has 0 aliphatic carbocycles. The molecule has 0 aromatic carbocycles. The van der Waals surface area contributed by atoms with E-state index in [4.69, 9.17) is 4.74 Å². The van der Waals surface area contributed by atoms with E-state index < -0.39 is 0 Å². The van der Waals surface area contributed by atoms with E-state index in [1.54, 1.807) is 0 Å². The number of likely N-dealkylation sites (tertiary alicyclic amines) is 1. The SMILES string of the molecule is Cc1cc(CN2CC3(C2)OCC[C@@H]3CCNC(=O)c2cccn2C)n(C)n1. The van der Waals surface area contributed by atoms with E-state index >= 15 is 0 Å². The topological polar surface area (TPSA) is 64.3 Å². The van der Waals surface area contributed by atoms with Crippen molar-refractivity contribution in [3.63, 3.8) is 0 Å². The predicted molar refractivity (Wildman–Crippen MR) is 102 cm³/mol. The molecule has 27 heavy (non-hydrogen) atoms. The number of carbonyl (C=O) groups is 1. The smallest absolute Gasteiger partial charge is 0.267 e. The molecule has 7 nitrogen and oxygen atoms in total. The molecule has 0 radical (unpaired) electrons. The molecule has 4 heterocycles. The number of carbonyl (C=O) groups excluding carboxylic acids is 1. The summed E-state index contributed by atoms with van der Waals surface area (Å²) in [5.41, 5.74) is 2.98. The molecule has 4 rings (SSSR count). The molecule has 2 fully saturated rings. The second kappa shape index (κ2) is 7.13. The van der Waals surface area contributed by atoms with Crippen molar-refractivity contribution in [3.05, 3.63) is 41.5 Å². The summed E-state index contributed by atoms with van der Waals surface area (Å²) < 4.78 is 9.97. The summed E-state index contributed by atoms with van der Waals surface area (Å²) in [4.78, 5) is 14.7. The van der Waals surface area contributed by atoms with Gasteiger partial charge in [0.2, 0.25) is 0 Å². The Balaban J connectivity index is 1.27. The van der Waals surface area contributed by atoms with Crippen molar-refractivity contribution in [2.75, 3.05) is 26.2 Å². The van der Waals surface area contributed by atoms with Gasteiger partial charge in [-0.1, -0.05) is 0 Å². The van der Waals surface area contributed by atoms with Crippen molar-refractivity contribution in [3.8, 4) is 0 Å². The quantitative estimate of drug-likeness (QED) is 0.835. The van der Waals surface area contributed by atoms with Crippen molar-refractivity contribution in [2.24, 2.45) is 20.0 Å². The summed E-state index contributed by atoms with van der Waals surface area (Å²) in [5, 5.41) is 7.49. The molecule has 2 aromatic rings. The first-order valence-electron chi connectivity index (χ1n) is 9.72. The van der Waals surface area contributed by atoms with Crippen molar-refractivity contribution in [2.45, 2.75) is 31.9 Å². The van der Waals surface area contributed by atoms with Gasteiger partial charge in [0.1, 0.15) is 5.69 Å². The molecule has 2 saturated heterocycles. The van der Waals surface area contributed by atoms with Gasteiger partial charge in [0.15, 0.2) is 0 Å². The largest absolute Gasteiger partial charge is 0.372 e. The zero-order chi connectivity index (χ0) is 19.0. The molecular weight excluding hydrogens is 342 g/mol. The lowest BCUT2D eigenvalue weighted by molar-refractivity contribution is -0.137. The zero-order valence-corrected chi connectivity index (χ0v) is 16.4. The summed E-state index contributed by atoms with van der Waals surface area (Å²) in [6.45, 7) is 6.40. The summed E-state index contributed by atoms with van der Waals surface area (Å²) in [6.07, 6.45) is 3.94. The van der Waals surface area contributed by atoms with E-state index in [1.807, 2.05) is 48.6 Å². The first-order valence-corrected chi connectivity index (χ1v) is 9.72. The minimum atomic E-state index is -0.0245. The van der Waals surface area contributed by atoms with Crippen molar-refractivity contribution in [1.82, 2.24) is 24.6 Å². The average Bonchev–Trinajstić information content (AvgIpc) is 3.27. The molecule has 1 amide bonds. The molecule has 1 spiro atoms. The standard InChI is InChI=1S/C20H29N5O2/c1-15-11-17(24(3)22-15)12-25-13-20(14-25)16(7-10-27-20)6-8-21-19(26)18-5-4-9-23(18)2/h4-5,9,11,16H,6-8,10,12-14H2,1-3H3,(H,21,26)/t16-/m0/s1. The third-order valence-electron chi connectivity index (χ3n) is 6.02. The van der Waals surface area contributed by atoms with E-state index in [0.717, 1.165) is 44.8 Å². The maximum Gasteiger partial charge on any atom is 0.267 e. The van der Waals surface area contributed by atoms with Gasteiger partial charge in [0.05, 0.1) is 17.0 Å². The minimum absolute atomic E-state index is 0.00252. The van der Waals surface area contributed by atoms with E-state index in [9.17, 15) is 4.79 Å². The Bertz CT molecular complexity index is 818. The maximum atomic E-state index is 12.3. The predicted octanol–water partition coefficient (Wildman–Crippen LogP) is 1.48. The van der Waals surface area contributed by atoms with Gasteiger partial charge < -0.3 is 14.6 Å². The number of amides is 1. The van der Waals surface area contributed by atoms with Gasteiger partial charge in [0.25, 0.3) is 5.91 Å². The van der Waals surface area contributed by atoms with Gasteiger partial charge in [-0.2, -0.15) is 5.10 Å². The molecule has 2 aliphatic rings. The molecule has 2 aromatic heterocycles. The molecule has 146 valence electrons. The maximum absolute atomic E-state index is 12.3. The van der Waals surface area contributed by atoms with Gasteiger partial charge in [-0.25, -0.2) is 0 Å². The first-order chi connectivity index (χ1) is 13.0. The van der Waals surface area contributed by atoms with Crippen LogP contribution in [-0.2, 0) is 25.4 Å². The highest BCUT2D eigenvalue weighted by Crippen LogP contribution is 2.42. The van der Waals surface area contributed by atoms with Gasteiger partial charge in [0, 0.05) is 53.1 Å². The van der Waals surface area contributed by atoms with Crippen LogP contribution in [0.1, 0.15) is 34.7 Å². The van der Waals surface area contributed by atoms with Crippen LogP contribution in [0.4, 0.5) is 0 Å². The normalized spacial score (nSPS) is 21.5. The summed E-state index contributed by atoms with van der Waals surface area (Å²) in [7, 11) is 3.89. The highest BCUT2D eigenvalue weighted by atomic mass is 16.5. The number of nitrogens with one attached hydrogen (secondary N) is 1. The molecular formula is C20H29N5O2.